The van der Waals surface area contributed by atoms with Gasteiger partial charge in [0.15, 0.2) is 5.82 Å². The van der Waals surface area contributed by atoms with Gasteiger partial charge in [0.2, 0.25) is 5.78 Å². The third kappa shape index (κ3) is 2.86. The Morgan fingerprint density at radius 2 is 1.81 bits per heavy atom. The monoisotopic (exact) mass is 457 g/mol. The minimum Gasteiger partial charge on any atom is -0.268 e. The summed E-state index contributed by atoms with van der Waals surface area (Å²) in [6.07, 6.45) is 0. The van der Waals surface area contributed by atoms with Crippen LogP contribution in [-0.4, -0.2) is 24.1 Å². The van der Waals surface area contributed by atoms with E-state index >= 15 is 0 Å². The van der Waals surface area contributed by atoms with Gasteiger partial charge >= 0.3 is 0 Å². The first-order chi connectivity index (χ1) is 15.6. The predicted octanol–water partition coefficient (Wildman–Crippen LogP) is 5.36. The summed E-state index contributed by atoms with van der Waals surface area (Å²) in [6, 6.07) is 21.5. The van der Waals surface area contributed by atoms with Gasteiger partial charge in [-0.25, -0.2) is 9.55 Å². The van der Waals surface area contributed by atoms with E-state index in [0.717, 1.165) is 26.3 Å². The van der Waals surface area contributed by atoms with Crippen LogP contribution in [0, 0.1) is 6.92 Å². The van der Waals surface area contributed by atoms with Gasteiger partial charge in [-0.1, -0.05) is 18.2 Å². The van der Waals surface area contributed by atoms with Crippen LogP contribution < -0.4 is 5.56 Å². The maximum absolute atomic E-state index is 13.4. The molecule has 6 rings (SSSR count). The molecule has 0 N–H and O–H groups in total. The van der Waals surface area contributed by atoms with Crippen LogP contribution in [-0.2, 0) is 5.88 Å². The SMILES string of the molecule is Cc1ccc2nc(-c3ccc(-n4c(=O)c5ccccc5n5c(CCl)nnc45)cc3)sc2c1. The number of fused-ring (bicyclic) bond motifs is 4. The van der Waals surface area contributed by atoms with Crippen LogP contribution in [0.4, 0.5) is 0 Å². The van der Waals surface area contributed by atoms with Crippen molar-refractivity contribution in [3.8, 4) is 16.3 Å². The lowest BCUT2D eigenvalue weighted by molar-refractivity contribution is 0.963. The first kappa shape index (κ1) is 19.2. The highest BCUT2D eigenvalue weighted by atomic mass is 35.5. The number of hydrogen-bond donors (Lipinski definition) is 0. The Hall–Kier alpha value is -3.55. The van der Waals surface area contributed by atoms with Crippen molar-refractivity contribution in [2.75, 3.05) is 0 Å². The van der Waals surface area contributed by atoms with Crippen LogP contribution in [0.1, 0.15) is 11.4 Å². The van der Waals surface area contributed by atoms with Gasteiger partial charge in [0.1, 0.15) is 5.01 Å². The molecule has 0 spiro atoms. The Kier molecular flexibility index (Phi) is 4.34. The molecule has 0 aliphatic carbocycles. The number of rotatable bonds is 3. The fraction of sp³-hybridized carbons (Fsp3) is 0.0833. The molecule has 0 bridgehead atoms. The maximum Gasteiger partial charge on any atom is 0.267 e. The number of alkyl halides is 1. The number of aryl methyl sites for hydroxylation is 1. The minimum atomic E-state index is -0.148. The number of para-hydroxylation sites is 1. The van der Waals surface area contributed by atoms with Crippen LogP contribution >= 0.6 is 22.9 Å². The van der Waals surface area contributed by atoms with E-state index in [9.17, 15) is 4.79 Å². The lowest BCUT2D eigenvalue weighted by Crippen LogP contribution is -2.22. The highest BCUT2D eigenvalue weighted by molar-refractivity contribution is 7.21. The Bertz CT molecular complexity index is 1700. The van der Waals surface area contributed by atoms with E-state index in [-0.39, 0.29) is 11.4 Å². The Morgan fingerprint density at radius 3 is 2.62 bits per heavy atom. The summed E-state index contributed by atoms with van der Waals surface area (Å²) in [5.41, 5.74) is 4.51. The number of halogens is 1. The Balaban J connectivity index is 1.53. The van der Waals surface area contributed by atoms with E-state index < -0.39 is 0 Å². The molecular formula is C24H16ClN5OS. The Labute approximate surface area is 191 Å². The third-order valence-corrected chi connectivity index (χ3v) is 6.83. The van der Waals surface area contributed by atoms with E-state index in [1.807, 2.05) is 59.0 Å². The van der Waals surface area contributed by atoms with Crippen molar-refractivity contribution >= 4 is 49.8 Å². The molecule has 3 aromatic carbocycles. The summed E-state index contributed by atoms with van der Waals surface area (Å²) in [7, 11) is 0. The third-order valence-electron chi connectivity index (χ3n) is 5.53. The summed E-state index contributed by atoms with van der Waals surface area (Å²) in [5, 5.41) is 10.0. The normalized spacial score (nSPS) is 11.7. The van der Waals surface area contributed by atoms with Gasteiger partial charge < -0.3 is 0 Å². The van der Waals surface area contributed by atoms with Crippen molar-refractivity contribution in [3.05, 3.63) is 88.5 Å². The highest BCUT2D eigenvalue weighted by Crippen LogP contribution is 2.31. The van der Waals surface area contributed by atoms with Gasteiger partial charge in [0.05, 0.1) is 32.7 Å². The number of nitrogens with zero attached hydrogens (tertiary/aromatic N) is 5. The Morgan fingerprint density at radius 1 is 1.00 bits per heavy atom. The van der Waals surface area contributed by atoms with E-state index in [1.165, 1.54) is 5.56 Å². The van der Waals surface area contributed by atoms with Crippen molar-refractivity contribution in [1.29, 1.82) is 0 Å². The minimum absolute atomic E-state index is 0.148. The first-order valence-corrected chi connectivity index (χ1v) is 11.4. The van der Waals surface area contributed by atoms with E-state index in [4.69, 9.17) is 16.6 Å². The van der Waals surface area contributed by atoms with E-state index in [1.54, 1.807) is 15.9 Å². The van der Waals surface area contributed by atoms with Gasteiger partial charge in [-0.05, 0) is 61.0 Å². The molecule has 0 saturated carbocycles. The summed E-state index contributed by atoms with van der Waals surface area (Å²) in [6.45, 7) is 2.08. The number of benzene rings is 3. The van der Waals surface area contributed by atoms with E-state index in [0.29, 0.717) is 22.7 Å². The zero-order valence-corrected chi connectivity index (χ0v) is 18.6. The van der Waals surface area contributed by atoms with Crippen molar-refractivity contribution in [1.82, 2.24) is 24.1 Å². The molecular weight excluding hydrogens is 442 g/mol. The molecule has 32 heavy (non-hydrogen) atoms. The molecule has 8 heteroatoms. The zero-order valence-electron chi connectivity index (χ0n) is 17.0. The molecule has 6 aromatic rings. The number of hydrogen-bond acceptors (Lipinski definition) is 5. The quantitative estimate of drug-likeness (QED) is 0.336. The van der Waals surface area contributed by atoms with Gasteiger partial charge in [0.25, 0.3) is 5.56 Å². The summed E-state index contributed by atoms with van der Waals surface area (Å²) in [5.74, 6) is 1.22. The van der Waals surface area contributed by atoms with Crippen LogP contribution in [0.25, 0.3) is 43.2 Å². The standard InChI is InChI=1S/C24H16ClN5OS/c1-14-6-11-18-20(12-14)32-22(26-18)15-7-9-16(10-8-15)29-23(31)17-4-2-3-5-19(17)30-21(13-25)27-28-24(29)30/h2-12H,13H2,1H3. The van der Waals surface area contributed by atoms with Crippen molar-refractivity contribution in [2.45, 2.75) is 12.8 Å². The fourth-order valence-corrected chi connectivity index (χ4v) is 5.23. The van der Waals surface area contributed by atoms with Crippen LogP contribution in [0.3, 0.4) is 0 Å². The lowest BCUT2D eigenvalue weighted by atomic mass is 10.2. The molecule has 0 atom stereocenters. The first-order valence-electron chi connectivity index (χ1n) is 10.1. The van der Waals surface area contributed by atoms with Gasteiger partial charge in [0, 0.05) is 5.56 Å². The maximum atomic E-state index is 13.4. The number of thiazole rings is 1. The molecule has 0 saturated heterocycles. The second kappa shape index (κ2) is 7.25. The fourth-order valence-electron chi connectivity index (χ4n) is 3.99. The molecule has 0 amide bonds. The molecule has 3 heterocycles. The van der Waals surface area contributed by atoms with Crippen molar-refractivity contribution < 1.29 is 0 Å². The zero-order chi connectivity index (χ0) is 21.8. The van der Waals surface area contributed by atoms with Gasteiger partial charge in [-0.3, -0.25) is 9.20 Å². The molecule has 3 aromatic heterocycles. The summed E-state index contributed by atoms with van der Waals surface area (Å²) in [4.78, 5) is 18.1. The van der Waals surface area contributed by atoms with Crippen LogP contribution in [0.2, 0.25) is 0 Å². The van der Waals surface area contributed by atoms with Crippen molar-refractivity contribution in [2.24, 2.45) is 0 Å². The summed E-state index contributed by atoms with van der Waals surface area (Å²) < 4.78 is 4.58. The molecule has 156 valence electrons. The molecule has 0 aliphatic rings. The average Bonchev–Trinajstić information content (AvgIpc) is 3.43. The molecule has 0 radical (unpaired) electrons. The van der Waals surface area contributed by atoms with E-state index in [2.05, 4.69) is 29.3 Å². The molecule has 0 unspecified atom stereocenters. The lowest BCUT2D eigenvalue weighted by Gasteiger charge is -2.11. The second-order valence-corrected chi connectivity index (χ2v) is 8.88. The highest BCUT2D eigenvalue weighted by Gasteiger charge is 2.17. The molecule has 0 aliphatic heterocycles. The largest absolute Gasteiger partial charge is 0.268 e. The van der Waals surface area contributed by atoms with Crippen molar-refractivity contribution in [3.63, 3.8) is 0 Å². The summed E-state index contributed by atoms with van der Waals surface area (Å²) >= 11 is 7.76. The number of aromatic nitrogens is 5. The smallest absolute Gasteiger partial charge is 0.267 e. The predicted molar refractivity (Wildman–Crippen MR) is 129 cm³/mol. The second-order valence-electron chi connectivity index (χ2n) is 7.58. The topological polar surface area (TPSA) is 65.1 Å². The average molecular weight is 458 g/mol. The van der Waals surface area contributed by atoms with Crippen LogP contribution in [0.5, 0.6) is 0 Å². The molecule has 0 fully saturated rings. The van der Waals surface area contributed by atoms with Gasteiger partial charge in [-0.2, -0.15) is 0 Å². The molecule has 6 nitrogen and oxygen atoms in total. The van der Waals surface area contributed by atoms with Crippen LogP contribution in [0.15, 0.2) is 71.5 Å². The van der Waals surface area contributed by atoms with Gasteiger partial charge in [-0.15, -0.1) is 33.1 Å².